The Labute approximate surface area is 240 Å². The number of unbranched alkanes of at least 4 members (excludes halogenated alkanes) is 1. The number of nitro groups is 1. The number of nitro benzene ring substituents is 1. The summed E-state index contributed by atoms with van der Waals surface area (Å²) < 4.78 is 51.5. The van der Waals surface area contributed by atoms with Crippen molar-refractivity contribution in [2.24, 2.45) is 0 Å². The highest BCUT2D eigenvalue weighted by Crippen LogP contribution is 2.40. The lowest BCUT2D eigenvalue weighted by Crippen LogP contribution is -2.24. The third-order valence-corrected chi connectivity index (χ3v) is 6.31. The van der Waals surface area contributed by atoms with Gasteiger partial charge in [-0.05, 0) is 38.0 Å². The molecule has 0 fully saturated rings. The average Bonchev–Trinajstić information content (AvgIpc) is 2.95. The Hall–Kier alpha value is -4.64. The first-order valence-electron chi connectivity index (χ1n) is 12.7. The second-order valence-corrected chi connectivity index (χ2v) is 9.17. The van der Waals surface area contributed by atoms with Crippen molar-refractivity contribution < 1.29 is 37.2 Å². The third kappa shape index (κ3) is 7.35. The Morgan fingerprint density at radius 2 is 1.88 bits per heavy atom. The van der Waals surface area contributed by atoms with Gasteiger partial charge in [0, 0.05) is 37.4 Å². The molecule has 0 bridgehead atoms. The van der Waals surface area contributed by atoms with Crippen molar-refractivity contribution in [1.82, 2.24) is 15.0 Å². The number of fused-ring (bicyclic) bond motifs is 1. The molecule has 0 spiro atoms. The minimum atomic E-state index is -4.77. The molecule has 0 aliphatic heterocycles. The number of nitrogens with one attached hydrogen (secondary N) is 1. The first-order chi connectivity index (χ1) is 19.8. The molecule has 0 saturated carbocycles. The van der Waals surface area contributed by atoms with Gasteiger partial charge in [0.2, 0.25) is 5.91 Å². The van der Waals surface area contributed by atoms with Crippen LogP contribution in [0.1, 0.15) is 54.7 Å². The lowest BCUT2D eigenvalue weighted by molar-refractivity contribution is -0.385. The topological polar surface area (TPSA) is 129 Å². The fraction of sp³-hybridized carbons (Fsp3) is 0.393. The number of benzene rings is 2. The van der Waals surface area contributed by atoms with Crippen molar-refractivity contribution >= 4 is 28.3 Å². The molecule has 0 radical (unpaired) electrons. The molecule has 224 valence electrons. The molecule has 3 aromatic rings. The number of non-ortho nitro benzene ring substituents is 1. The van der Waals surface area contributed by atoms with E-state index in [9.17, 15) is 28.1 Å². The second-order valence-electron chi connectivity index (χ2n) is 9.17. The lowest BCUT2D eigenvalue weighted by Gasteiger charge is -2.19. The maximum atomic E-state index is 13.5. The molecule has 1 atom stereocenters. The highest BCUT2D eigenvalue weighted by molar-refractivity contribution is 5.96. The number of hydrogen-bond acceptors (Lipinski definition) is 9. The molecule has 42 heavy (non-hydrogen) atoms. The van der Waals surface area contributed by atoms with Gasteiger partial charge < -0.3 is 14.8 Å². The monoisotopic (exact) mass is 589 g/mol. The molecule has 1 unspecified atom stereocenters. The van der Waals surface area contributed by atoms with E-state index < -0.39 is 28.4 Å². The number of nitrogens with zero attached hydrogens (tertiary/aromatic N) is 4. The van der Waals surface area contributed by atoms with E-state index in [2.05, 4.69) is 27.1 Å². The van der Waals surface area contributed by atoms with Gasteiger partial charge in [0.15, 0.2) is 11.5 Å². The van der Waals surface area contributed by atoms with Gasteiger partial charge in [-0.1, -0.05) is 11.8 Å². The summed E-state index contributed by atoms with van der Waals surface area (Å²) in [6.07, 6.45) is -3.68. The number of hydrogen-bond donors (Lipinski definition) is 1. The first kappa shape index (κ1) is 31.9. The number of carbonyl (C=O) groups excluding carboxylic acids is 1. The minimum absolute atomic E-state index is 0.0371. The number of ether oxygens (including phenoxy) is 2. The summed E-state index contributed by atoms with van der Waals surface area (Å²) >= 11 is 0. The number of aryl methyl sites for hydroxylation is 1. The highest BCUT2D eigenvalue weighted by Gasteiger charge is 2.33. The maximum Gasteiger partial charge on any atom is 0.416 e. The molecule has 0 aliphatic rings. The van der Waals surface area contributed by atoms with Gasteiger partial charge in [0.25, 0.3) is 5.69 Å². The van der Waals surface area contributed by atoms with Gasteiger partial charge >= 0.3 is 6.18 Å². The van der Waals surface area contributed by atoms with E-state index in [4.69, 9.17) is 14.3 Å². The van der Waals surface area contributed by atoms with E-state index >= 15 is 0 Å². The Morgan fingerprint density at radius 3 is 2.48 bits per heavy atom. The zero-order valence-electron chi connectivity index (χ0n) is 23.9. The fourth-order valence-corrected chi connectivity index (χ4v) is 4.10. The number of rotatable bonds is 10. The maximum absolute atomic E-state index is 13.5. The molecule has 11 nitrogen and oxygen atoms in total. The number of hydroxylamine groups is 2. The summed E-state index contributed by atoms with van der Waals surface area (Å²) in [5.41, 5.74) is -0.994. The van der Waals surface area contributed by atoms with Crippen LogP contribution in [-0.4, -0.2) is 54.2 Å². The quantitative estimate of drug-likeness (QED) is 0.139. The van der Waals surface area contributed by atoms with Crippen LogP contribution >= 0.6 is 0 Å². The summed E-state index contributed by atoms with van der Waals surface area (Å²) in [6, 6.07) is 3.22. The van der Waals surface area contributed by atoms with Gasteiger partial charge in [-0.15, -0.1) is 0 Å². The van der Waals surface area contributed by atoms with E-state index in [1.807, 2.05) is 0 Å². The number of methoxy groups -OCH3 is 2. The van der Waals surface area contributed by atoms with Gasteiger partial charge in [0.05, 0.1) is 48.9 Å². The van der Waals surface area contributed by atoms with Crippen molar-refractivity contribution in [1.29, 1.82) is 0 Å². The summed E-state index contributed by atoms with van der Waals surface area (Å²) in [4.78, 5) is 36.3. The normalized spacial score (nSPS) is 11.8. The Balaban J connectivity index is 2.06. The van der Waals surface area contributed by atoms with E-state index in [0.717, 1.165) is 17.2 Å². The number of carbonyl (C=O) groups is 1. The number of halogens is 3. The number of amides is 1. The van der Waals surface area contributed by atoms with Crippen LogP contribution in [0.4, 0.5) is 24.7 Å². The predicted molar refractivity (Wildman–Crippen MR) is 148 cm³/mol. The molecule has 3 rings (SSSR count). The van der Waals surface area contributed by atoms with Crippen molar-refractivity contribution in [2.75, 3.05) is 33.7 Å². The molecular weight excluding hydrogens is 559 g/mol. The zero-order valence-corrected chi connectivity index (χ0v) is 23.9. The highest BCUT2D eigenvalue weighted by atomic mass is 19.4. The molecule has 2 aromatic carbocycles. The van der Waals surface area contributed by atoms with Crippen LogP contribution in [0.25, 0.3) is 10.9 Å². The Bertz CT molecular complexity index is 1550. The van der Waals surface area contributed by atoms with Gasteiger partial charge in [-0.3, -0.25) is 19.7 Å². The third-order valence-electron chi connectivity index (χ3n) is 6.31. The van der Waals surface area contributed by atoms with Crippen LogP contribution in [0, 0.1) is 28.9 Å². The summed E-state index contributed by atoms with van der Waals surface area (Å²) in [6.45, 7) is 3.20. The fourth-order valence-electron chi connectivity index (χ4n) is 4.10. The van der Waals surface area contributed by atoms with E-state index in [1.165, 1.54) is 28.4 Å². The van der Waals surface area contributed by atoms with E-state index in [0.29, 0.717) is 52.7 Å². The average molecular weight is 590 g/mol. The van der Waals surface area contributed by atoms with Crippen LogP contribution in [0.2, 0.25) is 0 Å². The summed E-state index contributed by atoms with van der Waals surface area (Å²) in [5, 5.41) is 16.0. The first-order valence-corrected chi connectivity index (χ1v) is 12.7. The van der Waals surface area contributed by atoms with E-state index in [1.54, 1.807) is 19.9 Å². The predicted octanol–water partition coefficient (Wildman–Crippen LogP) is 5.60. The summed E-state index contributed by atoms with van der Waals surface area (Å²) in [7, 11) is 5.80. The van der Waals surface area contributed by atoms with Crippen molar-refractivity contribution in [2.45, 2.75) is 45.3 Å². The van der Waals surface area contributed by atoms with Crippen molar-refractivity contribution in [3.63, 3.8) is 0 Å². The smallest absolute Gasteiger partial charge is 0.416 e. The number of anilines is 1. The number of alkyl halides is 3. The van der Waals surface area contributed by atoms with Crippen LogP contribution < -0.4 is 14.8 Å². The largest absolute Gasteiger partial charge is 0.493 e. The van der Waals surface area contributed by atoms with Crippen LogP contribution in [0.3, 0.4) is 0 Å². The van der Waals surface area contributed by atoms with E-state index in [-0.39, 0.29) is 23.7 Å². The molecule has 1 amide bonds. The van der Waals surface area contributed by atoms with Crippen molar-refractivity contribution in [3.8, 4) is 23.3 Å². The molecule has 1 aromatic heterocycles. The molecule has 0 saturated heterocycles. The van der Waals surface area contributed by atoms with Crippen LogP contribution in [0.5, 0.6) is 11.5 Å². The second kappa shape index (κ2) is 13.3. The SMILES string of the molecule is COc1cc2c(NC(C)c3cc([N+](=O)[O-])cc(C(F)(F)F)c3)nc(C)nc2c(C#CCCCC(=O)N(C)OC)c1OC. The molecular formula is C28H30F3N5O6. The molecule has 1 heterocycles. The minimum Gasteiger partial charge on any atom is -0.493 e. The van der Waals surface area contributed by atoms with Gasteiger partial charge in [-0.2, -0.15) is 13.2 Å². The standard InChI is InChI=1S/C28H30F3N5O6/c1-16(18-12-19(28(29,30)31)14-20(13-18)36(38)39)32-27-22-15-23(40-4)26(41-5)21(25(22)33-17(2)34-27)10-8-7-9-11-24(37)35(3)42-6/h12-16H,7,9,11H2,1-6H3,(H,32,33,34). The summed E-state index contributed by atoms with van der Waals surface area (Å²) in [5.74, 6) is 7.10. The molecule has 1 N–H and O–H groups in total. The zero-order chi connectivity index (χ0) is 31.2. The van der Waals surface area contributed by atoms with Gasteiger partial charge in [-0.25, -0.2) is 15.0 Å². The number of aromatic nitrogens is 2. The van der Waals surface area contributed by atoms with Crippen molar-refractivity contribution in [3.05, 3.63) is 56.9 Å². The molecule has 14 heteroatoms. The van der Waals surface area contributed by atoms with Gasteiger partial charge in [0.1, 0.15) is 11.6 Å². The Kier molecular flexibility index (Phi) is 10.1. The Morgan fingerprint density at radius 1 is 1.17 bits per heavy atom. The lowest BCUT2D eigenvalue weighted by atomic mass is 10.0. The molecule has 0 aliphatic carbocycles. The van der Waals surface area contributed by atoms with Crippen LogP contribution in [0.15, 0.2) is 24.3 Å². The van der Waals surface area contributed by atoms with Crippen LogP contribution in [-0.2, 0) is 15.8 Å².